The molecule has 6 aromatic rings. The van der Waals surface area contributed by atoms with E-state index in [0.29, 0.717) is 12.0 Å². The summed E-state index contributed by atoms with van der Waals surface area (Å²) in [7, 11) is 0. The van der Waals surface area contributed by atoms with Crippen LogP contribution in [0, 0.1) is 13.8 Å². The highest BCUT2D eigenvalue weighted by Crippen LogP contribution is 2.32. The van der Waals surface area contributed by atoms with Crippen molar-refractivity contribution in [2.75, 3.05) is 0 Å². The molecule has 1 aliphatic carbocycles. The number of para-hydroxylation sites is 1. The van der Waals surface area contributed by atoms with Gasteiger partial charge < -0.3 is 9.30 Å². The van der Waals surface area contributed by atoms with Gasteiger partial charge in [-0.2, -0.15) is 9.78 Å². The number of fused-ring (bicyclic) bond motifs is 2. The molecule has 2 heterocycles. The van der Waals surface area contributed by atoms with Gasteiger partial charge in [-0.3, -0.25) is 4.79 Å². The van der Waals surface area contributed by atoms with Crippen molar-refractivity contribution in [3.05, 3.63) is 136 Å². The van der Waals surface area contributed by atoms with Crippen LogP contribution in [0.25, 0.3) is 27.4 Å². The van der Waals surface area contributed by atoms with Crippen molar-refractivity contribution in [1.82, 2.24) is 14.2 Å². The molecule has 1 fully saturated rings. The van der Waals surface area contributed by atoms with Crippen molar-refractivity contribution >= 4 is 27.9 Å². The average Bonchev–Trinajstić information content (AvgIpc) is 3.35. The minimum Gasteiger partial charge on any atom is -0.489 e. The lowest BCUT2D eigenvalue weighted by Crippen LogP contribution is -2.25. The summed E-state index contributed by atoms with van der Waals surface area (Å²) in [6.07, 6.45) is 7.44. The molecule has 44 heavy (non-hydrogen) atoms. The molecule has 0 unspecified atom stereocenters. The fraction of sp³-hybridized carbons (Fsp3) is 0.237. The van der Waals surface area contributed by atoms with E-state index in [0.717, 1.165) is 65.4 Å². The largest absolute Gasteiger partial charge is 0.489 e. The van der Waals surface area contributed by atoms with E-state index in [1.165, 1.54) is 22.8 Å². The first-order valence-corrected chi connectivity index (χ1v) is 15.5. The van der Waals surface area contributed by atoms with E-state index >= 15 is 0 Å². The normalized spacial score (nSPS) is 14.1. The Labute approximate surface area is 257 Å². The minimum atomic E-state index is -0.111. The van der Waals surface area contributed by atoms with Crippen molar-refractivity contribution < 1.29 is 4.74 Å². The lowest BCUT2D eigenvalue weighted by molar-refractivity contribution is 0.307. The van der Waals surface area contributed by atoms with Gasteiger partial charge in [0.2, 0.25) is 0 Å². The van der Waals surface area contributed by atoms with Crippen LogP contribution >= 0.6 is 0 Å². The fourth-order valence-corrected chi connectivity index (χ4v) is 6.58. The summed E-state index contributed by atoms with van der Waals surface area (Å²) < 4.78 is 9.93. The van der Waals surface area contributed by atoms with E-state index in [1.807, 2.05) is 42.6 Å². The highest BCUT2D eigenvalue weighted by Gasteiger charge is 2.22. The summed E-state index contributed by atoms with van der Waals surface area (Å²) in [6, 6.07) is 32.6. The Kier molecular flexibility index (Phi) is 7.57. The third-order valence-electron chi connectivity index (χ3n) is 8.90. The first-order chi connectivity index (χ1) is 21.6. The molecule has 1 aliphatic rings. The van der Waals surface area contributed by atoms with Crippen molar-refractivity contribution in [3.8, 4) is 11.4 Å². The summed E-state index contributed by atoms with van der Waals surface area (Å²) in [5.41, 5.74) is 5.95. The van der Waals surface area contributed by atoms with Crippen LogP contribution < -0.4 is 10.3 Å². The molecule has 7 rings (SSSR count). The molecule has 0 atom stereocenters. The number of aryl methyl sites for hydroxylation is 1. The molecule has 220 valence electrons. The second kappa shape index (κ2) is 12.0. The van der Waals surface area contributed by atoms with Gasteiger partial charge in [0.25, 0.3) is 5.56 Å². The number of aromatic nitrogens is 3. The van der Waals surface area contributed by atoms with Gasteiger partial charge in [0.15, 0.2) is 0 Å². The van der Waals surface area contributed by atoms with Crippen molar-refractivity contribution in [2.45, 2.75) is 58.5 Å². The van der Waals surface area contributed by atoms with Crippen LogP contribution in [0.4, 0.5) is 0 Å². The zero-order valence-electron chi connectivity index (χ0n) is 25.2. The molecule has 1 saturated carbocycles. The number of nitrogens with zero attached hydrogens (tertiary/aromatic N) is 4. The summed E-state index contributed by atoms with van der Waals surface area (Å²) in [6.45, 7) is 4.68. The van der Waals surface area contributed by atoms with E-state index in [-0.39, 0.29) is 11.5 Å². The first-order valence-electron chi connectivity index (χ1n) is 15.5. The second-order valence-corrected chi connectivity index (χ2v) is 11.8. The standard InChI is InChI=1S/C38H36N4O2/c1-26-23-31(24-39-42-37(29-12-4-3-5-13-29)40-36-18-9-8-17-35(36)38(42)43)27(2)41(26)32-19-21-33(22-20-32)44-25-30-15-10-14-28-11-6-7-16-34(28)30/h6-11,14-24,29H,3-5,12-13,25H2,1-2H3. The fourth-order valence-electron chi connectivity index (χ4n) is 6.58. The van der Waals surface area contributed by atoms with Crippen LogP contribution in [0.3, 0.4) is 0 Å². The minimum absolute atomic E-state index is 0.111. The number of rotatable bonds is 7. The topological polar surface area (TPSA) is 61.4 Å². The van der Waals surface area contributed by atoms with E-state index in [4.69, 9.17) is 14.8 Å². The number of hydrogen-bond donors (Lipinski definition) is 0. The van der Waals surface area contributed by atoms with E-state index in [2.05, 4.69) is 79.1 Å². The molecule has 0 spiro atoms. The van der Waals surface area contributed by atoms with Crippen LogP contribution in [0.15, 0.2) is 107 Å². The third-order valence-corrected chi connectivity index (χ3v) is 8.90. The first kappa shape index (κ1) is 27.8. The van der Waals surface area contributed by atoms with Gasteiger partial charge in [0.05, 0.1) is 17.1 Å². The molecular weight excluding hydrogens is 544 g/mol. The smallest absolute Gasteiger partial charge is 0.282 e. The predicted octanol–water partition coefficient (Wildman–Crippen LogP) is 8.47. The van der Waals surface area contributed by atoms with Crippen LogP contribution in [0.1, 0.15) is 66.4 Å². The molecule has 0 N–H and O–H groups in total. The van der Waals surface area contributed by atoms with Gasteiger partial charge in [-0.05, 0) is 85.5 Å². The molecule has 0 amide bonds. The Morgan fingerprint density at radius 3 is 2.41 bits per heavy atom. The van der Waals surface area contributed by atoms with Crippen molar-refractivity contribution in [1.29, 1.82) is 0 Å². The van der Waals surface area contributed by atoms with Crippen LogP contribution in [-0.4, -0.2) is 20.4 Å². The Morgan fingerprint density at radius 2 is 1.59 bits per heavy atom. The quantitative estimate of drug-likeness (QED) is 0.178. The molecule has 0 bridgehead atoms. The Balaban J connectivity index is 1.15. The Bertz CT molecular complexity index is 2040. The monoisotopic (exact) mass is 580 g/mol. The average molecular weight is 581 g/mol. The molecule has 6 nitrogen and oxygen atoms in total. The third kappa shape index (κ3) is 5.32. The SMILES string of the molecule is Cc1cc(C=Nn2c(C3CCCCC3)nc3ccccc3c2=O)c(C)n1-c1ccc(OCc2cccc3ccccc23)cc1. The lowest BCUT2D eigenvalue weighted by Gasteiger charge is -2.22. The highest BCUT2D eigenvalue weighted by atomic mass is 16.5. The molecule has 6 heteroatoms. The maximum absolute atomic E-state index is 13.6. The second-order valence-electron chi connectivity index (χ2n) is 11.8. The van der Waals surface area contributed by atoms with Gasteiger partial charge >= 0.3 is 0 Å². The molecule has 0 aliphatic heterocycles. The predicted molar refractivity (Wildman–Crippen MR) is 178 cm³/mol. The van der Waals surface area contributed by atoms with Gasteiger partial charge in [-0.1, -0.05) is 73.9 Å². The Hall–Kier alpha value is -4.97. The maximum atomic E-state index is 13.6. The van der Waals surface area contributed by atoms with E-state index < -0.39 is 0 Å². The number of ether oxygens (including phenoxy) is 1. The molecule has 0 saturated heterocycles. The zero-order valence-corrected chi connectivity index (χ0v) is 25.2. The molecule has 0 radical (unpaired) electrons. The summed E-state index contributed by atoms with van der Waals surface area (Å²) in [5.74, 6) is 1.84. The van der Waals surface area contributed by atoms with E-state index in [9.17, 15) is 4.79 Å². The van der Waals surface area contributed by atoms with Crippen LogP contribution in [-0.2, 0) is 6.61 Å². The summed E-state index contributed by atoms with van der Waals surface area (Å²) >= 11 is 0. The van der Waals surface area contributed by atoms with Gasteiger partial charge in [-0.15, -0.1) is 0 Å². The van der Waals surface area contributed by atoms with Crippen molar-refractivity contribution in [3.63, 3.8) is 0 Å². The highest BCUT2D eigenvalue weighted by molar-refractivity contribution is 5.85. The number of benzene rings is 4. The summed E-state index contributed by atoms with van der Waals surface area (Å²) in [4.78, 5) is 18.6. The van der Waals surface area contributed by atoms with Crippen molar-refractivity contribution in [2.24, 2.45) is 5.10 Å². The van der Waals surface area contributed by atoms with Gasteiger partial charge in [0, 0.05) is 28.6 Å². The molecular formula is C38H36N4O2. The van der Waals surface area contributed by atoms with Gasteiger partial charge in [0.1, 0.15) is 18.2 Å². The number of hydrogen-bond acceptors (Lipinski definition) is 4. The molecule has 4 aromatic carbocycles. The maximum Gasteiger partial charge on any atom is 0.282 e. The van der Waals surface area contributed by atoms with Gasteiger partial charge in [-0.25, -0.2) is 4.98 Å². The van der Waals surface area contributed by atoms with Crippen LogP contribution in [0.5, 0.6) is 5.75 Å². The molecule has 2 aromatic heterocycles. The lowest BCUT2D eigenvalue weighted by atomic mass is 9.88. The van der Waals surface area contributed by atoms with Crippen LogP contribution in [0.2, 0.25) is 0 Å². The zero-order chi connectivity index (χ0) is 30.0. The van der Waals surface area contributed by atoms with E-state index in [1.54, 1.807) is 4.68 Å². The Morgan fingerprint density at radius 1 is 0.864 bits per heavy atom. The summed E-state index contributed by atoms with van der Waals surface area (Å²) in [5, 5.41) is 7.81.